The van der Waals surface area contributed by atoms with E-state index in [1.165, 1.54) is 11.6 Å². The third-order valence-electron chi connectivity index (χ3n) is 6.40. The smallest absolute Gasteiger partial charge is 0.307 e. The number of oxazole rings is 1. The van der Waals surface area contributed by atoms with Crippen LogP contribution in [0.4, 0.5) is 4.39 Å². The first-order valence-electron chi connectivity index (χ1n) is 11.1. The summed E-state index contributed by atoms with van der Waals surface area (Å²) >= 11 is 0. The summed E-state index contributed by atoms with van der Waals surface area (Å²) in [5.74, 6) is 0.607. The third kappa shape index (κ3) is 4.40. The molecule has 5 nitrogen and oxygen atoms in total. The van der Waals surface area contributed by atoms with Crippen molar-refractivity contribution in [1.29, 1.82) is 0 Å². The molecule has 0 bridgehead atoms. The SMILES string of the molecule is CCC(C(=O)O)C1CCc2cc(OCCc3nc(-c4ccc(C)c(F)c4)oc3C)ccc21. The molecule has 0 fully saturated rings. The van der Waals surface area contributed by atoms with Gasteiger partial charge in [0, 0.05) is 12.0 Å². The Balaban J connectivity index is 1.40. The topological polar surface area (TPSA) is 72.6 Å². The van der Waals surface area contributed by atoms with Crippen LogP contribution in [-0.4, -0.2) is 22.7 Å². The van der Waals surface area contributed by atoms with Crippen LogP contribution in [0.25, 0.3) is 11.5 Å². The van der Waals surface area contributed by atoms with E-state index >= 15 is 0 Å². The second-order valence-electron chi connectivity index (χ2n) is 8.44. The minimum absolute atomic E-state index is 0.0735. The Bertz CT molecular complexity index is 1140. The van der Waals surface area contributed by atoms with E-state index in [2.05, 4.69) is 4.98 Å². The van der Waals surface area contributed by atoms with Crippen LogP contribution in [0, 0.1) is 25.6 Å². The highest BCUT2D eigenvalue weighted by molar-refractivity contribution is 5.72. The molecule has 0 saturated heterocycles. The second kappa shape index (κ2) is 9.15. The van der Waals surface area contributed by atoms with Gasteiger partial charge in [0.25, 0.3) is 0 Å². The van der Waals surface area contributed by atoms with Crippen molar-refractivity contribution in [2.24, 2.45) is 5.92 Å². The van der Waals surface area contributed by atoms with Crippen LogP contribution in [0.2, 0.25) is 0 Å². The average Bonchev–Trinajstić information content (AvgIpc) is 3.34. The maximum absolute atomic E-state index is 13.9. The molecule has 4 rings (SSSR count). The highest BCUT2D eigenvalue weighted by Gasteiger charge is 2.33. The lowest BCUT2D eigenvalue weighted by Crippen LogP contribution is -2.19. The number of aromatic nitrogens is 1. The quantitative estimate of drug-likeness (QED) is 0.478. The monoisotopic (exact) mass is 437 g/mol. The fourth-order valence-corrected chi connectivity index (χ4v) is 4.54. The van der Waals surface area contributed by atoms with E-state index in [9.17, 15) is 14.3 Å². The molecule has 1 aliphatic rings. The zero-order valence-corrected chi connectivity index (χ0v) is 18.7. The number of carboxylic acid groups (broad SMARTS) is 1. The highest BCUT2D eigenvalue weighted by atomic mass is 19.1. The molecule has 3 aromatic rings. The number of fused-ring (bicyclic) bond motifs is 1. The first-order chi connectivity index (χ1) is 15.4. The van der Waals surface area contributed by atoms with Gasteiger partial charge in [0.15, 0.2) is 0 Å². The summed E-state index contributed by atoms with van der Waals surface area (Å²) in [6.45, 7) is 5.93. The van der Waals surface area contributed by atoms with E-state index in [0.717, 1.165) is 29.8 Å². The predicted octanol–water partition coefficient (Wildman–Crippen LogP) is 5.86. The molecule has 1 aromatic heterocycles. The van der Waals surface area contributed by atoms with Crippen molar-refractivity contribution >= 4 is 5.97 Å². The molecular formula is C26H28FNO4. The van der Waals surface area contributed by atoms with Crippen LogP contribution >= 0.6 is 0 Å². The summed E-state index contributed by atoms with van der Waals surface area (Å²) in [7, 11) is 0. The molecule has 6 heteroatoms. The van der Waals surface area contributed by atoms with Crippen LogP contribution in [-0.2, 0) is 17.6 Å². The van der Waals surface area contributed by atoms with Crippen molar-refractivity contribution in [2.45, 2.75) is 52.4 Å². The number of nitrogens with zero attached hydrogens (tertiary/aromatic N) is 1. The number of hydrogen-bond acceptors (Lipinski definition) is 4. The lowest BCUT2D eigenvalue weighted by Gasteiger charge is -2.19. The van der Waals surface area contributed by atoms with E-state index in [1.807, 2.05) is 32.0 Å². The molecule has 0 aliphatic heterocycles. The molecule has 1 N–H and O–H groups in total. The molecule has 1 aliphatic carbocycles. The largest absolute Gasteiger partial charge is 0.493 e. The van der Waals surface area contributed by atoms with Crippen LogP contribution in [0.15, 0.2) is 40.8 Å². The van der Waals surface area contributed by atoms with Gasteiger partial charge in [-0.1, -0.05) is 19.1 Å². The van der Waals surface area contributed by atoms with Gasteiger partial charge in [-0.15, -0.1) is 0 Å². The number of carbonyl (C=O) groups is 1. The van der Waals surface area contributed by atoms with E-state index < -0.39 is 5.97 Å². The predicted molar refractivity (Wildman–Crippen MR) is 119 cm³/mol. The van der Waals surface area contributed by atoms with Gasteiger partial charge in [0.2, 0.25) is 5.89 Å². The van der Waals surface area contributed by atoms with Crippen molar-refractivity contribution in [3.8, 4) is 17.2 Å². The first-order valence-corrected chi connectivity index (χ1v) is 11.1. The summed E-state index contributed by atoms with van der Waals surface area (Å²) in [5, 5.41) is 9.50. The first kappa shape index (κ1) is 22.1. The normalized spacial score (nSPS) is 16.1. The molecule has 32 heavy (non-hydrogen) atoms. The van der Waals surface area contributed by atoms with Gasteiger partial charge in [-0.3, -0.25) is 4.79 Å². The minimum atomic E-state index is -0.721. The van der Waals surface area contributed by atoms with Crippen molar-refractivity contribution in [3.63, 3.8) is 0 Å². The van der Waals surface area contributed by atoms with Crippen molar-refractivity contribution < 1.29 is 23.4 Å². The lowest BCUT2D eigenvalue weighted by molar-refractivity contribution is -0.142. The van der Waals surface area contributed by atoms with Gasteiger partial charge in [0.1, 0.15) is 17.3 Å². The molecule has 0 amide bonds. The minimum Gasteiger partial charge on any atom is -0.493 e. The average molecular weight is 438 g/mol. The van der Waals surface area contributed by atoms with Crippen molar-refractivity contribution in [3.05, 3.63) is 70.4 Å². The summed E-state index contributed by atoms with van der Waals surface area (Å²) < 4.78 is 25.6. The number of benzene rings is 2. The zero-order chi connectivity index (χ0) is 22.8. The maximum Gasteiger partial charge on any atom is 0.307 e. The van der Waals surface area contributed by atoms with Crippen LogP contribution in [0.5, 0.6) is 5.75 Å². The maximum atomic E-state index is 13.9. The zero-order valence-electron chi connectivity index (χ0n) is 18.7. The number of hydrogen-bond donors (Lipinski definition) is 1. The fourth-order valence-electron chi connectivity index (χ4n) is 4.54. The Morgan fingerprint density at radius 2 is 2.09 bits per heavy atom. The number of carboxylic acids is 1. The van der Waals surface area contributed by atoms with Gasteiger partial charge in [-0.05, 0) is 80.0 Å². The van der Waals surface area contributed by atoms with Crippen LogP contribution in [0.3, 0.4) is 0 Å². The molecule has 0 saturated carbocycles. The highest BCUT2D eigenvalue weighted by Crippen LogP contribution is 2.41. The molecule has 2 aromatic carbocycles. The Hall–Kier alpha value is -3.15. The van der Waals surface area contributed by atoms with Crippen molar-refractivity contribution in [2.75, 3.05) is 6.61 Å². The Labute approximate surface area is 187 Å². The van der Waals surface area contributed by atoms with Gasteiger partial charge >= 0.3 is 5.97 Å². The molecule has 1 heterocycles. The Morgan fingerprint density at radius 3 is 2.81 bits per heavy atom. The summed E-state index contributed by atoms with van der Waals surface area (Å²) in [6.07, 6.45) is 2.94. The second-order valence-corrected chi connectivity index (χ2v) is 8.44. The molecular weight excluding hydrogens is 409 g/mol. The number of ether oxygens (including phenoxy) is 1. The van der Waals surface area contributed by atoms with E-state index in [4.69, 9.17) is 9.15 Å². The van der Waals surface area contributed by atoms with E-state index in [1.54, 1.807) is 19.1 Å². The third-order valence-corrected chi connectivity index (χ3v) is 6.40. The van der Waals surface area contributed by atoms with Gasteiger partial charge < -0.3 is 14.3 Å². The van der Waals surface area contributed by atoms with Crippen molar-refractivity contribution in [1.82, 2.24) is 4.98 Å². The Morgan fingerprint density at radius 1 is 1.28 bits per heavy atom. The number of rotatable bonds is 8. The van der Waals surface area contributed by atoms with E-state index in [-0.39, 0.29) is 17.7 Å². The summed E-state index contributed by atoms with van der Waals surface area (Å²) in [5.41, 5.74) is 4.29. The molecule has 2 unspecified atom stereocenters. The fraction of sp³-hybridized carbons (Fsp3) is 0.385. The molecule has 2 atom stereocenters. The standard InChI is InChI=1S/C26H28FNO4/c1-4-20(26(29)30)22-9-7-17-13-19(8-10-21(17)22)31-12-11-24-16(3)32-25(28-24)18-6-5-15(2)23(27)14-18/h5-6,8,10,13-14,20,22H,4,7,9,11-12H2,1-3H3,(H,29,30). The van der Waals surface area contributed by atoms with Crippen LogP contribution < -0.4 is 4.74 Å². The van der Waals surface area contributed by atoms with Crippen LogP contribution in [0.1, 0.15) is 53.8 Å². The van der Waals surface area contributed by atoms with E-state index in [0.29, 0.717) is 42.2 Å². The van der Waals surface area contributed by atoms with Gasteiger partial charge in [-0.25, -0.2) is 9.37 Å². The summed E-state index contributed by atoms with van der Waals surface area (Å²) in [4.78, 5) is 16.1. The Kier molecular flexibility index (Phi) is 6.31. The molecule has 0 spiro atoms. The molecule has 168 valence electrons. The molecule has 0 radical (unpaired) electrons. The van der Waals surface area contributed by atoms with Gasteiger partial charge in [0.05, 0.1) is 18.2 Å². The summed E-state index contributed by atoms with van der Waals surface area (Å²) in [6, 6.07) is 10.9. The number of aliphatic carboxylic acids is 1. The lowest BCUT2D eigenvalue weighted by atomic mass is 9.85. The number of halogens is 1. The number of aryl methyl sites for hydroxylation is 3. The van der Waals surface area contributed by atoms with Gasteiger partial charge in [-0.2, -0.15) is 0 Å².